The smallest absolute Gasteiger partial charge is 0.260 e. The lowest BCUT2D eigenvalue weighted by Crippen LogP contribution is -2.39. The molecule has 1 amide bonds. The minimum absolute atomic E-state index is 0.0306. The quantitative estimate of drug-likeness (QED) is 0.810. The molecule has 1 saturated carbocycles. The monoisotopic (exact) mass is 373 g/mol. The van der Waals surface area contributed by atoms with Gasteiger partial charge in [-0.3, -0.25) is 14.2 Å². The fourth-order valence-corrected chi connectivity index (χ4v) is 3.28. The number of amides is 1. The fourth-order valence-electron chi connectivity index (χ4n) is 3.28. The minimum atomic E-state index is -0.846. The lowest BCUT2D eigenvalue weighted by atomic mass is 10.0. The predicted molar refractivity (Wildman–Crippen MR) is 99.2 cm³/mol. The maximum absolute atomic E-state index is 13.6. The van der Waals surface area contributed by atoms with Gasteiger partial charge in [-0.1, -0.05) is 25.0 Å². The van der Waals surface area contributed by atoms with Crippen LogP contribution in [0.1, 0.15) is 44.2 Å². The molecule has 1 aliphatic carbocycles. The number of rotatable bonds is 7. The summed E-state index contributed by atoms with van der Waals surface area (Å²) in [6.45, 7) is 2.12. The van der Waals surface area contributed by atoms with E-state index >= 15 is 0 Å². The van der Waals surface area contributed by atoms with Crippen LogP contribution in [0.3, 0.4) is 0 Å². The van der Waals surface area contributed by atoms with E-state index in [2.05, 4.69) is 10.3 Å². The second-order valence-electron chi connectivity index (χ2n) is 6.81. The first-order valence-corrected chi connectivity index (χ1v) is 9.30. The van der Waals surface area contributed by atoms with Gasteiger partial charge in [-0.05, 0) is 31.9 Å². The Labute approximate surface area is 157 Å². The number of carbonyl (C=O) groups is 1. The van der Waals surface area contributed by atoms with Gasteiger partial charge in [0.05, 0.1) is 12.0 Å². The summed E-state index contributed by atoms with van der Waals surface area (Å²) in [5, 5.41) is 2.69. The molecule has 1 aliphatic rings. The van der Waals surface area contributed by atoms with Crippen LogP contribution >= 0.6 is 0 Å². The first-order valence-electron chi connectivity index (χ1n) is 9.30. The van der Waals surface area contributed by atoms with Crippen molar-refractivity contribution in [2.75, 3.05) is 6.54 Å². The molecule has 1 N–H and O–H groups in total. The lowest BCUT2D eigenvalue weighted by molar-refractivity contribution is -0.127. The zero-order chi connectivity index (χ0) is 19.2. The van der Waals surface area contributed by atoms with Gasteiger partial charge in [0.25, 0.3) is 11.5 Å². The molecule has 1 fully saturated rings. The number of aromatic nitrogens is 2. The number of para-hydroxylation sites is 1. The van der Waals surface area contributed by atoms with Crippen molar-refractivity contribution in [3.8, 4) is 5.75 Å². The van der Waals surface area contributed by atoms with Gasteiger partial charge in [-0.25, -0.2) is 9.37 Å². The summed E-state index contributed by atoms with van der Waals surface area (Å²) in [5.74, 6) is -0.467. The maximum Gasteiger partial charge on any atom is 0.260 e. The zero-order valence-corrected chi connectivity index (χ0v) is 15.4. The van der Waals surface area contributed by atoms with Crippen molar-refractivity contribution in [3.05, 3.63) is 58.5 Å². The highest BCUT2D eigenvalue weighted by Gasteiger charge is 2.19. The van der Waals surface area contributed by atoms with E-state index < -0.39 is 11.9 Å². The molecule has 1 unspecified atom stereocenters. The fraction of sp³-hybridized carbons (Fsp3) is 0.450. The number of halogens is 1. The number of hydrogen-bond acceptors (Lipinski definition) is 4. The van der Waals surface area contributed by atoms with Crippen molar-refractivity contribution in [2.24, 2.45) is 0 Å². The molecule has 0 bridgehead atoms. The van der Waals surface area contributed by atoms with Crippen LogP contribution in [0.2, 0.25) is 0 Å². The van der Waals surface area contributed by atoms with Crippen LogP contribution in [0, 0.1) is 5.82 Å². The highest BCUT2D eigenvalue weighted by molar-refractivity contribution is 5.80. The van der Waals surface area contributed by atoms with E-state index in [1.165, 1.54) is 29.5 Å². The molecule has 0 saturated heterocycles. The number of ether oxygens (including phenoxy) is 1. The maximum atomic E-state index is 13.6. The molecule has 0 aliphatic heterocycles. The average molecular weight is 373 g/mol. The Bertz CT molecular complexity index is 846. The zero-order valence-electron chi connectivity index (χ0n) is 15.4. The Kier molecular flexibility index (Phi) is 6.21. The normalized spacial score (nSPS) is 15.5. The summed E-state index contributed by atoms with van der Waals surface area (Å²) in [7, 11) is 0. The lowest BCUT2D eigenvalue weighted by Gasteiger charge is -2.15. The van der Waals surface area contributed by atoms with Gasteiger partial charge in [0.2, 0.25) is 0 Å². The summed E-state index contributed by atoms with van der Waals surface area (Å²) in [6, 6.07) is 7.53. The second kappa shape index (κ2) is 8.79. The topological polar surface area (TPSA) is 73.2 Å². The molecule has 3 rings (SSSR count). The third-order valence-electron chi connectivity index (χ3n) is 4.84. The third-order valence-corrected chi connectivity index (χ3v) is 4.84. The van der Waals surface area contributed by atoms with E-state index in [0.717, 1.165) is 18.5 Å². The summed E-state index contributed by atoms with van der Waals surface area (Å²) < 4.78 is 20.4. The summed E-state index contributed by atoms with van der Waals surface area (Å²) >= 11 is 0. The molecular weight excluding hydrogens is 349 g/mol. The van der Waals surface area contributed by atoms with Crippen LogP contribution in [-0.2, 0) is 11.3 Å². The molecule has 144 valence electrons. The van der Waals surface area contributed by atoms with Crippen LogP contribution in [-0.4, -0.2) is 28.1 Å². The van der Waals surface area contributed by atoms with Crippen LogP contribution < -0.4 is 15.6 Å². The highest BCUT2D eigenvalue weighted by Crippen LogP contribution is 2.32. The van der Waals surface area contributed by atoms with Gasteiger partial charge in [0, 0.05) is 25.1 Å². The van der Waals surface area contributed by atoms with Gasteiger partial charge in [0.15, 0.2) is 17.7 Å². The Morgan fingerprint density at radius 1 is 1.37 bits per heavy atom. The van der Waals surface area contributed by atoms with Gasteiger partial charge in [0.1, 0.15) is 0 Å². The van der Waals surface area contributed by atoms with E-state index in [9.17, 15) is 14.0 Å². The minimum Gasteiger partial charge on any atom is -0.478 e. The van der Waals surface area contributed by atoms with Gasteiger partial charge < -0.3 is 10.1 Å². The van der Waals surface area contributed by atoms with Crippen molar-refractivity contribution < 1.29 is 13.9 Å². The average Bonchev–Trinajstić information content (AvgIpc) is 3.19. The van der Waals surface area contributed by atoms with Crippen LogP contribution in [0.5, 0.6) is 5.75 Å². The number of nitrogens with zero attached hydrogens (tertiary/aromatic N) is 2. The summed E-state index contributed by atoms with van der Waals surface area (Å²) in [5.41, 5.74) is 0.751. The Hall–Kier alpha value is -2.70. The van der Waals surface area contributed by atoms with Gasteiger partial charge >= 0.3 is 0 Å². The van der Waals surface area contributed by atoms with E-state index in [1.54, 1.807) is 31.5 Å². The van der Waals surface area contributed by atoms with Crippen molar-refractivity contribution in [2.45, 2.75) is 51.2 Å². The van der Waals surface area contributed by atoms with E-state index in [1.807, 2.05) is 0 Å². The van der Waals surface area contributed by atoms with Crippen LogP contribution in [0.4, 0.5) is 4.39 Å². The molecule has 0 radical (unpaired) electrons. The standard InChI is InChI=1S/C20H24FN3O3/c1-14(27-18-9-5-4-8-16(18)21)20(26)22-10-11-24-13-23-17(12-19(24)25)15-6-2-3-7-15/h4-5,8-9,12-15H,2-3,6-7,10-11H2,1H3,(H,22,26). The molecule has 27 heavy (non-hydrogen) atoms. The molecule has 0 spiro atoms. The van der Waals surface area contributed by atoms with E-state index in [-0.39, 0.29) is 23.8 Å². The van der Waals surface area contributed by atoms with Crippen LogP contribution in [0.15, 0.2) is 41.5 Å². The molecule has 1 atom stereocenters. The number of carbonyl (C=O) groups excluding carboxylic acids is 1. The van der Waals surface area contributed by atoms with Crippen molar-refractivity contribution in [3.63, 3.8) is 0 Å². The van der Waals surface area contributed by atoms with Crippen molar-refractivity contribution >= 4 is 5.91 Å². The van der Waals surface area contributed by atoms with E-state index in [4.69, 9.17) is 4.74 Å². The SMILES string of the molecule is CC(Oc1ccccc1F)C(=O)NCCn1cnc(C2CCCC2)cc1=O. The van der Waals surface area contributed by atoms with Gasteiger partial charge in [-0.15, -0.1) is 0 Å². The molecule has 6 nitrogen and oxygen atoms in total. The number of benzene rings is 1. The second-order valence-corrected chi connectivity index (χ2v) is 6.81. The van der Waals surface area contributed by atoms with Crippen molar-refractivity contribution in [1.82, 2.24) is 14.9 Å². The third kappa shape index (κ3) is 4.93. The molecular formula is C20H24FN3O3. The molecule has 1 heterocycles. The predicted octanol–water partition coefficient (Wildman–Crippen LogP) is 2.62. The highest BCUT2D eigenvalue weighted by atomic mass is 19.1. The molecule has 1 aromatic carbocycles. The van der Waals surface area contributed by atoms with Crippen LogP contribution in [0.25, 0.3) is 0 Å². The Balaban J connectivity index is 1.49. The summed E-state index contributed by atoms with van der Waals surface area (Å²) in [6.07, 6.45) is 5.25. The number of nitrogens with one attached hydrogen (secondary N) is 1. The molecule has 2 aromatic rings. The van der Waals surface area contributed by atoms with Gasteiger partial charge in [-0.2, -0.15) is 0 Å². The Morgan fingerprint density at radius 2 is 2.11 bits per heavy atom. The Morgan fingerprint density at radius 3 is 2.81 bits per heavy atom. The number of hydrogen-bond donors (Lipinski definition) is 1. The van der Waals surface area contributed by atoms with E-state index in [0.29, 0.717) is 12.5 Å². The first kappa shape index (κ1) is 19.1. The molecule has 7 heteroatoms. The largest absolute Gasteiger partial charge is 0.478 e. The first-order chi connectivity index (χ1) is 13.0. The van der Waals surface area contributed by atoms with Crippen molar-refractivity contribution in [1.29, 1.82) is 0 Å². The summed E-state index contributed by atoms with van der Waals surface area (Å²) in [4.78, 5) is 28.7. The molecule has 1 aromatic heterocycles.